The van der Waals surface area contributed by atoms with E-state index < -0.39 is 0 Å². The van der Waals surface area contributed by atoms with Crippen LogP contribution < -0.4 is 0 Å². The van der Waals surface area contributed by atoms with Crippen molar-refractivity contribution in [1.82, 2.24) is 0 Å². The molecule has 0 bridgehead atoms. The smallest absolute Gasteiger partial charge is 0.0292 e. The number of rotatable bonds is 0. The lowest BCUT2D eigenvalue weighted by atomic mass is 9.29. The first-order valence-corrected chi connectivity index (χ1v) is 5.31. The van der Waals surface area contributed by atoms with E-state index in [4.69, 9.17) is 0 Å². The lowest BCUT2D eigenvalue weighted by Crippen LogP contribution is -2.71. The molecular formula is C12H22. The fraction of sp³-hybridized carbons (Fsp3) is 1.00. The fourth-order valence-corrected chi connectivity index (χ4v) is 4.13. The summed E-state index contributed by atoms with van der Waals surface area (Å²) < 4.78 is 0. The highest BCUT2D eigenvalue weighted by molar-refractivity contribution is 5.17. The molecular weight excluding hydrogens is 144 g/mol. The molecule has 70 valence electrons. The Morgan fingerprint density at radius 3 is 1.17 bits per heavy atom. The van der Waals surface area contributed by atoms with Crippen LogP contribution in [0.1, 0.15) is 41.5 Å². The van der Waals surface area contributed by atoms with E-state index in [1.165, 1.54) is 0 Å². The summed E-state index contributed by atoms with van der Waals surface area (Å²) in [4.78, 5) is 0. The molecule has 2 rings (SSSR count). The minimum atomic E-state index is 0.625. The average Bonchev–Trinajstić information content (AvgIpc) is 1.96. The first kappa shape index (κ1) is 8.59. The lowest BCUT2D eigenvalue weighted by Gasteiger charge is -2.75. The van der Waals surface area contributed by atoms with Gasteiger partial charge in [0.2, 0.25) is 0 Å². The van der Waals surface area contributed by atoms with Crippen LogP contribution in [0.2, 0.25) is 0 Å². The van der Waals surface area contributed by atoms with Crippen molar-refractivity contribution < 1.29 is 0 Å². The molecule has 4 atom stereocenters. The van der Waals surface area contributed by atoms with Crippen LogP contribution in [0.3, 0.4) is 0 Å². The monoisotopic (exact) mass is 166 g/mol. The second-order valence-corrected chi connectivity index (χ2v) is 6.27. The Bertz CT molecular complexity index is 188. The maximum atomic E-state index is 2.45. The molecule has 0 aromatic rings. The highest BCUT2D eigenvalue weighted by atomic mass is 14.7. The SMILES string of the molecule is C[C@H]1[C@@H]2[C@@H]([C@H](C)C2(C)C)C1(C)C. The van der Waals surface area contributed by atoms with E-state index in [9.17, 15) is 0 Å². The Balaban J connectivity index is 2.22. The Morgan fingerprint density at radius 1 is 0.667 bits per heavy atom. The fourth-order valence-electron chi connectivity index (χ4n) is 4.13. The zero-order chi connectivity index (χ0) is 9.31. The summed E-state index contributed by atoms with van der Waals surface area (Å²) in [6.07, 6.45) is 0. The minimum Gasteiger partial charge on any atom is -0.0617 e. The van der Waals surface area contributed by atoms with E-state index >= 15 is 0 Å². The summed E-state index contributed by atoms with van der Waals surface area (Å²) in [7, 11) is 0. The van der Waals surface area contributed by atoms with Crippen molar-refractivity contribution >= 4 is 0 Å². The average molecular weight is 166 g/mol. The van der Waals surface area contributed by atoms with Gasteiger partial charge < -0.3 is 0 Å². The highest BCUT2D eigenvalue weighted by Crippen LogP contribution is 2.75. The van der Waals surface area contributed by atoms with Gasteiger partial charge in [-0.25, -0.2) is 0 Å². The Kier molecular flexibility index (Phi) is 1.37. The van der Waals surface area contributed by atoms with Crippen molar-refractivity contribution in [3.63, 3.8) is 0 Å². The lowest BCUT2D eigenvalue weighted by molar-refractivity contribution is -0.280. The van der Waals surface area contributed by atoms with E-state index in [2.05, 4.69) is 41.5 Å². The zero-order valence-corrected chi connectivity index (χ0v) is 9.31. The summed E-state index contributed by atoms with van der Waals surface area (Å²) in [6, 6.07) is 0. The van der Waals surface area contributed by atoms with Gasteiger partial charge in [0, 0.05) is 0 Å². The van der Waals surface area contributed by atoms with Crippen LogP contribution in [0, 0.1) is 34.5 Å². The zero-order valence-electron chi connectivity index (χ0n) is 9.31. The third kappa shape index (κ3) is 0.625. The summed E-state index contributed by atoms with van der Waals surface area (Å²) >= 11 is 0. The quantitative estimate of drug-likeness (QED) is 0.516. The highest BCUT2D eigenvalue weighted by Gasteiger charge is 2.69. The first-order chi connectivity index (χ1) is 5.31. The number of hydrogen-bond donors (Lipinski definition) is 0. The van der Waals surface area contributed by atoms with Gasteiger partial charge in [-0.05, 0) is 34.5 Å². The van der Waals surface area contributed by atoms with Crippen LogP contribution in [0.4, 0.5) is 0 Å². The third-order valence-electron chi connectivity index (χ3n) is 5.53. The summed E-state index contributed by atoms with van der Waals surface area (Å²) in [5.41, 5.74) is 1.25. The van der Waals surface area contributed by atoms with Gasteiger partial charge in [0.25, 0.3) is 0 Å². The summed E-state index contributed by atoms with van der Waals surface area (Å²) in [6.45, 7) is 14.7. The summed E-state index contributed by atoms with van der Waals surface area (Å²) in [5, 5.41) is 0. The maximum absolute atomic E-state index is 2.45. The predicted molar refractivity (Wildman–Crippen MR) is 52.9 cm³/mol. The van der Waals surface area contributed by atoms with Crippen LogP contribution in [-0.4, -0.2) is 0 Å². The molecule has 0 radical (unpaired) electrons. The molecule has 0 aromatic carbocycles. The standard InChI is InChI=1S/C12H22/c1-7-9-10(11(7,3)4)8(2)12(9,5)6/h7-10H,1-6H3/t7-,8-,9+,10+/m0/s1. The molecule has 0 aliphatic heterocycles. The van der Waals surface area contributed by atoms with E-state index in [1.807, 2.05) is 0 Å². The molecule has 2 fully saturated rings. The Hall–Kier alpha value is 0. The number of hydrogen-bond acceptors (Lipinski definition) is 0. The van der Waals surface area contributed by atoms with Gasteiger partial charge in [-0.15, -0.1) is 0 Å². The van der Waals surface area contributed by atoms with Gasteiger partial charge in [-0.2, -0.15) is 0 Å². The molecule has 12 heavy (non-hydrogen) atoms. The molecule has 0 saturated heterocycles. The minimum absolute atomic E-state index is 0.625. The molecule has 0 amide bonds. The van der Waals surface area contributed by atoms with Gasteiger partial charge in [-0.1, -0.05) is 41.5 Å². The number of fused-ring (bicyclic) bond motifs is 1. The van der Waals surface area contributed by atoms with Crippen LogP contribution in [0.25, 0.3) is 0 Å². The Labute approximate surface area is 76.7 Å². The maximum Gasteiger partial charge on any atom is -0.0292 e. The molecule has 0 N–H and O–H groups in total. The molecule has 0 heterocycles. The van der Waals surface area contributed by atoms with Gasteiger partial charge in [0.15, 0.2) is 0 Å². The van der Waals surface area contributed by atoms with E-state index in [-0.39, 0.29) is 0 Å². The van der Waals surface area contributed by atoms with Crippen LogP contribution in [0.15, 0.2) is 0 Å². The second-order valence-electron chi connectivity index (χ2n) is 6.27. The molecule has 2 saturated carbocycles. The van der Waals surface area contributed by atoms with Crippen molar-refractivity contribution in [2.45, 2.75) is 41.5 Å². The van der Waals surface area contributed by atoms with E-state index in [0.717, 1.165) is 23.7 Å². The van der Waals surface area contributed by atoms with Crippen molar-refractivity contribution in [3.05, 3.63) is 0 Å². The molecule has 2 aliphatic rings. The largest absolute Gasteiger partial charge is 0.0617 e. The predicted octanol–water partition coefficient (Wildman–Crippen LogP) is 3.57. The van der Waals surface area contributed by atoms with Gasteiger partial charge in [0.1, 0.15) is 0 Å². The molecule has 0 aromatic heterocycles. The molecule has 2 aliphatic carbocycles. The molecule has 0 unspecified atom stereocenters. The van der Waals surface area contributed by atoms with Crippen LogP contribution >= 0.6 is 0 Å². The Morgan fingerprint density at radius 2 is 0.917 bits per heavy atom. The molecule has 0 heteroatoms. The molecule has 0 spiro atoms. The van der Waals surface area contributed by atoms with Crippen LogP contribution in [-0.2, 0) is 0 Å². The van der Waals surface area contributed by atoms with Gasteiger partial charge >= 0.3 is 0 Å². The van der Waals surface area contributed by atoms with Crippen LogP contribution in [0.5, 0.6) is 0 Å². The second kappa shape index (κ2) is 1.91. The molecule has 0 nitrogen and oxygen atoms in total. The third-order valence-corrected chi connectivity index (χ3v) is 5.53. The van der Waals surface area contributed by atoms with Crippen molar-refractivity contribution in [2.75, 3.05) is 0 Å². The van der Waals surface area contributed by atoms with Crippen molar-refractivity contribution in [3.8, 4) is 0 Å². The first-order valence-electron chi connectivity index (χ1n) is 5.31. The summed E-state index contributed by atoms with van der Waals surface area (Å²) in [5.74, 6) is 3.91. The van der Waals surface area contributed by atoms with Gasteiger partial charge in [-0.3, -0.25) is 0 Å². The van der Waals surface area contributed by atoms with E-state index in [1.54, 1.807) is 0 Å². The van der Waals surface area contributed by atoms with Gasteiger partial charge in [0.05, 0.1) is 0 Å². The van der Waals surface area contributed by atoms with Crippen molar-refractivity contribution in [2.24, 2.45) is 34.5 Å². The normalized spacial score (nSPS) is 53.5. The van der Waals surface area contributed by atoms with E-state index in [0.29, 0.717) is 10.8 Å². The van der Waals surface area contributed by atoms with Crippen molar-refractivity contribution in [1.29, 1.82) is 0 Å². The topological polar surface area (TPSA) is 0 Å².